The van der Waals surface area contributed by atoms with Gasteiger partial charge in [-0.25, -0.2) is 0 Å². The smallest absolute Gasteiger partial charge is 0.0365 e. The van der Waals surface area contributed by atoms with E-state index in [2.05, 4.69) is 40.5 Å². The highest BCUT2D eigenvalue weighted by Crippen LogP contribution is 2.23. The Balaban J connectivity index is 1.63. The monoisotopic (exact) mass is 174 g/mol. The van der Waals surface area contributed by atoms with Gasteiger partial charge in [0.05, 0.1) is 0 Å². The summed E-state index contributed by atoms with van der Waals surface area (Å²) in [5.74, 6) is 0. The number of nitrogens with zero attached hydrogens (tertiary/aromatic N) is 1. The zero-order valence-corrected chi connectivity index (χ0v) is 7.61. The fraction of sp³-hybridized carbons (Fsp3) is 0.455. The van der Waals surface area contributed by atoms with Crippen molar-refractivity contribution >= 4 is 0 Å². The number of fused-ring (bicyclic) bond motifs is 1. The third-order valence-electron chi connectivity index (χ3n) is 2.96. The zero-order chi connectivity index (χ0) is 8.67. The van der Waals surface area contributed by atoms with Gasteiger partial charge in [0, 0.05) is 31.7 Å². The quantitative estimate of drug-likeness (QED) is 0.672. The van der Waals surface area contributed by atoms with Crippen LogP contribution >= 0.6 is 0 Å². The van der Waals surface area contributed by atoms with Crippen LogP contribution in [-0.2, 0) is 6.54 Å². The molecule has 1 aromatic carbocycles. The van der Waals surface area contributed by atoms with E-state index in [1.807, 2.05) is 0 Å². The molecule has 2 aliphatic heterocycles. The summed E-state index contributed by atoms with van der Waals surface area (Å²) in [6.45, 7) is 3.59. The Kier molecular flexibility index (Phi) is 1.64. The molecule has 2 heterocycles. The third-order valence-corrected chi connectivity index (χ3v) is 2.96. The molecule has 0 aliphatic carbocycles. The van der Waals surface area contributed by atoms with E-state index in [-0.39, 0.29) is 0 Å². The molecule has 0 spiro atoms. The molecule has 13 heavy (non-hydrogen) atoms. The van der Waals surface area contributed by atoms with Crippen LogP contribution in [0.1, 0.15) is 5.56 Å². The van der Waals surface area contributed by atoms with Crippen LogP contribution in [0.2, 0.25) is 0 Å². The van der Waals surface area contributed by atoms with E-state index in [0.29, 0.717) is 0 Å². The maximum atomic E-state index is 3.44. The Morgan fingerprint density at radius 3 is 2.54 bits per heavy atom. The lowest BCUT2D eigenvalue weighted by molar-refractivity contribution is 0.303. The lowest BCUT2D eigenvalue weighted by atomic mass is 10.2. The van der Waals surface area contributed by atoms with Gasteiger partial charge in [-0.1, -0.05) is 30.3 Å². The second kappa shape index (κ2) is 2.82. The minimum absolute atomic E-state index is 0.809. The predicted octanol–water partition coefficient (Wildman–Crippen LogP) is 0.843. The summed E-state index contributed by atoms with van der Waals surface area (Å²) in [6.07, 6.45) is 0. The van der Waals surface area contributed by atoms with E-state index in [9.17, 15) is 0 Å². The highest BCUT2D eigenvalue weighted by molar-refractivity contribution is 5.16. The average Bonchev–Trinajstić information content (AvgIpc) is 2.76. The van der Waals surface area contributed by atoms with Crippen molar-refractivity contribution in [3.8, 4) is 0 Å². The Hall–Kier alpha value is -0.860. The zero-order valence-electron chi connectivity index (χ0n) is 7.61. The highest BCUT2D eigenvalue weighted by Gasteiger charge is 2.44. The van der Waals surface area contributed by atoms with Gasteiger partial charge in [0.15, 0.2) is 0 Å². The minimum Gasteiger partial charge on any atom is -0.306 e. The first-order valence-electron chi connectivity index (χ1n) is 4.94. The second-order valence-corrected chi connectivity index (χ2v) is 4.06. The molecule has 2 heteroatoms. The summed E-state index contributed by atoms with van der Waals surface area (Å²) in [5.41, 5.74) is 1.43. The molecular weight excluding hydrogens is 160 g/mol. The molecule has 2 aliphatic rings. The van der Waals surface area contributed by atoms with Crippen molar-refractivity contribution < 1.29 is 0 Å². The highest BCUT2D eigenvalue weighted by atomic mass is 15.3. The van der Waals surface area contributed by atoms with E-state index in [4.69, 9.17) is 0 Å². The molecule has 0 unspecified atom stereocenters. The van der Waals surface area contributed by atoms with E-state index in [1.165, 1.54) is 18.7 Å². The molecular formula is C11H14N2. The molecule has 0 radical (unpaired) electrons. The Morgan fingerprint density at radius 1 is 1.15 bits per heavy atom. The fourth-order valence-electron chi connectivity index (χ4n) is 2.18. The molecule has 68 valence electrons. The number of hydrogen-bond acceptors (Lipinski definition) is 2. The molecule has 0 bridgehead atoms. The Labute approximate surface area is 78.6 Å². The van der Waals surface area contributed by atoms with Crippen LogP contribution in [0.4, 0.5) is 0 Å². The first-order chi connectivity index (χ1) is 6.42. The van der Waals surface area contributed by atoms with Crippen molar-refractivity contribution in [3.63, 3.8) is 0 Å². The molecule has 0 amide bonds. The van der Waals surface area contributed by atoms with Gasteiger partial charge in [-0.05, 0) is 5.56 Å². The summed E-state index contributed by atoms with van der Waals surface area (Å²) in [6, 6.07) is 12.3. The number of benzene rings is 1. The van der Waals surface area contributed by atoms with Crippen molar-refractivity contribution in [2.75, 3.05) is 13.1 Å². The number of likely N-dealkylation sites (tertiary alicyclic amines) is 1. The number of nitrogens with one attached hydrogen (secondary N) is 1. The average molecular weight is 174 g/mol. The molecule has 2 atom stereocenters. The summed E-state index contributed by atoms with van der Waals surface area (Å²) >= 11 is 0. The predicted molar refractivity (Wildman–Crippen MR) is 52.4 cm³/mol. The van der Waals surface area contributed by atoms with Crippen LogP contribution in [0.25, 0.3) is 0 Å². The molecule has 2 fully saturated rings. The maximum absolute atomic E-state index is 3.44. The molecule has 1 N–H and O–H groups in total. The van der Waals surface area contributed by atoms with Crippen LogP contribution in [0.5, 0.6) is 0 Å². The first-order valence-corrected chi connectivity index (χ1v) is 4.94. The van der Waals surface area contributed by atoms with Crippen molar-refractivity contribution in [1.82, 2.24) is 10.2 Å². The maximum Gasteiger partial charge on any atom is 0.0365 e. The van der Waals surface area contributed by atoms with Gasteiger partial charge in [0.1, 0.15) is 0 Å². The summed E-state index contributed by atoms with van der Waals surface area (Å²) in [4.78, 5) is 2.53. The van der Waals surface area contributed by atoms with Gasteiger partial charge in [-0.15, -0.1) is 0 Å². The van der Waals surface area contributed by atoms with Crippen molar-refractivity contribution in [3.05, 3.63) is 35.9 Å². The van der Waals surface area contributed by atoms with Gasteiger partial charge >= 0.3 is 0 Å². The molecule has 3 rings (SSSR count). The van der Waals surface area contributed by atoms with E-state index < -0.39 is 0 Å². The minimum atomic E-state index is 0.809. The lowest BCUT2D eigenvalue weighted by Gasteiger charge is -2.16. The van der Waals surface area contributed by atoms with Crippen LogP contribution in [0.3, 0.4) is 0 Å². The summed E-state index contributed by atoms with van der Waals surface area (Å²) < 4.78 is 0. The largest absolute Gasteiger partial charge is 0.306 e. The Bertz CT molecular complexity index is 286. The summed E-state index contributed by atoms with van der Waals surface area (Å²) in [7, 11) is 0. The van der Waals surface area contributed by atoms with Crippen LogP contribution < -0.4 is 5.32 Å². The number of hydrogen-bond donors (Lipinski definition) is 1. The molecule has 2 nitrogen and oxygen atoms in total. The van der Waals surface area contributed by atoms with Crippen LogP contribution in [0.15, 0.2) is 30.3 Å². The normalized spacial score (nSPS) is 31.7. The Morgan fingerprint density at radius 2 is 1.85 bits per heavy atom. The molecule has 2 saturated heterocycles. The van der Waals surface area contributed by atoms with Crippen LogP contribution in [0, 0.1) is 0 Å². The number of piperazine rings is 1. The van der Waals surface area contributed by atoms with E-state index in [1.54, 1.807) is 0 Å². The van der Waals surface area contributed by atoms with Crippen molar-refractivity contribution in [1.29, 1.82) is 0 Å². The van der Waals surface area contributed by atoms with Crippen molar-refractivity contribution in [2.45, 2.75) is 18.6 Å². The van der Waals surface area contributed by atoms with Crippen LogP contribution in [-0.4, -0.2) is 30.1 Å². The topological polar surface area (TPSA) is 25.2 Å². The SMILES string of the molecule is c1ccc(CN2C[C@@H]3N[C@H]3C2)cc1. The van der Waals surface area contributed by atoms with Gasteiger partial charge < -0.3 is 5.32 Å². The molecule has 0 aromatic heterocycles. The van der Waals surface area contributed by atoms with E-state index >= 15 is 0 Å². The first kappa shape index (κ1) is 7.54. The molecule has 0 saturated carbocycles. The van der Waals surface area contributed by atoms with Gasteiger partial charge in [-0.2, -0.15) is 0 Å². The summed E-state index contributed by atoms with van der Waals surface area (Å²) in [5, 5.41) is 3.44. The number of rotatable bonds is 2. The molecule has 1 aromatic rings. The van der Waals surface area contributed by atoms with Gasteiger partial charge in [-0.3, -0.25) is 4.90 Å². The van der Waals surface area contributed by atoms with Gasteiger partial charge in [0.2, 0.25) is 0 Å². The fourth-order valence-corrected chi connectivity index (χ4v) is 2.18. The second-order valence-electron chi connectivity index (χ2n) is 4.06. The van der Waals surface area contributed by atoms with Crippen molar-refractivity contribution in [2.24, 2.45) is 0 Å². The third kappa shape index (κ3) is 1.47. The lowest BCUT2D eigenvalue weighted by Crippen LogP contribution is -2.26. The van der Waals surface area contributed by atoms with Gasteiger partial charge in [0.25, 0.3) is 0 Å². The van der Waals surface area contributed by atoms with E-state index in [0.717, 1.165) is 18.6 Å². The standard InChI is InChI=1S/C11H14N2/c1-2-4-9(5-3-1)6-13-7-10-11(8-13)12-10/h1-5,10-12H,6-8H2/t10-,11-/m0/s1.